The van der Waals surface area contributed by atoms with E-state index in [9.17, 15) is 0 Å². The maximum absolute atomic E-state index is 2.25. The van der Waals surface area contributed by atoms with Crippen LogP contribution in [0.3, 0.4) is 0 Å². The molecule has 1 aliphatic carbocycles. The third kappa shape index (κ3) is 20.5. The van der Waals surface area contributed by atoms with Crippen molar-refractivity contribution in [1.29, 1.82) is 0 Å². The molecule has 0 spiro atoms. The predicted molar refractivity (Wildman–Crippen MR) is 120 cm³/mol. The van der Waals surface area contributed by atoms with Gasteiger partial charge in [-0.2, -0.15) is 0 Å². The van der Waals surface area contributed by atoms with E-state index in [0.29, 0.717) is 0 Å². The van der Waals surface area contributed by atoms with E-state index >= 15 is 0 Å². The average Bonchev–Trinajstić information content (AvgIpc) is 2.73. The number of aryl methyl sites for hydroxylation is 1. The molecule has 2 aromatic rings. The zero-order chi connectivity index (χ0) is 19.1. The van der Waals surface area contributed by atoms with Crippen LogP contribution >= 0.6 is 0 Å². The Labute approximate surface area is 164 Å². The summed E-state index contributed by atoms with van der Waals surface area (Å²) in [6.07, 6.45) is 16.0. The molecule has 1 aliphatic rings. The number of benzene rings is 2. The van der Waals surface area contributed by atoms with E-state index in [0.717, 1.165) is 0 Å². The van der Waals surface area contributed by atoms with Crippen LogP contribution in [0.15, 0.2) is 66.7 Å². The van der Waals surface area contributed by atoms with Crippen LogP contribution in [0.25, 0.3) is 0 Å². The van der Waals surface area contributed by atoms with Gasteiger partial charge >= 0.3 is 0 Å². The Morgan fingerprint density at radius 3 is 1.04 bits per heavy atom. The smallest absolute Gasteiger partial charge is 0.0398 e. The van der Waals surface area contributed by atoms with Gasteiger partial charge in [-0.05, 0) is 6.92 Å². The Balaban J connectivity index is 0.000000321. The highest BCUT2D eigenvalue weighted by molar-refractivity contribution is 5.11. The molecule has 0 heterocycles. The average molecular weight is 355 g/mol. The van der Waals surface area contributed by atoms with Crippen LogP contribution in [-0.4, -0.2) is 0 Å². The van der Waals surface area contributed by atoms with E-state index in [1.165, 1.54) is 76.2 Å². The molecule has 26 heavy (non-hydrogen) atoms. The number of hydrogen-bond acceptors (Lipinski definition) is 0. The van der Waals surface area contributed by atoms with Gasteiger partial charge in [0.25, 0.3) is 0 Å². The molecule has 3 rings (SSSR count). The summed E-state index contributed by atoms with van der Waals surface area (Å²) in [4.78, 5) is 0. The molecule has 0 aliphatic heterocycles. The Bertz CT molecular complexity index is 400. The third-order valence-corrected chi connectivity index (χ3v) is 4.31. The normalized spacial score (nSPS) is 12.3. The zero-order valence-electron chi connectivity index (χ0n) is 17.6. The van der Waals surface area contributed by atoms with Crippen molar-refractivity contribution in [2.75, 3.05) is 0 Å². The van der Waals surface area contributed by atoms with Crippen molar-refractivity contribution in [3.8, 4) is 0 Å². The van der Waals surface area contributed by atoms with E-state index in [-0.39, 0.29) is 0 Å². The van der Waals surface area contributed by atoms with Gasteiger partial charge in [0.1, 0.15) is 0 Å². The molecular weight excluding hydrogens is 312 g/mol. The maximum Gasteiger partial charge on any atom is -0.0398 e. The molecule has 2 aromatic carbocycles. The molecule has 0 atom stereocenters. The fourth-order valence-electron chi connectivity index (χ4n) is 2.66. The SMILES string of the molecule is C1CCCCC1.CCCCCCC.Cc1ccccc1.c1ccccc1. The molecule has 1 saturated carbocycles. The van der Waals surface area contributed by atoms with Gasteiger partial charge in [0.2, 0.25) is 0 Å². The molecule has 0 heteroatoms. The summed E-state index contributed by atoms with van der Waals surface area (Å²) in [5.74, 6) is 0. The minimum Gasteiger partial charge on any atom is -0.0654 e. The van der Waals surface area contributed by atoms with Gasteiger partial charge in [0.15, 0.2) is 0 Å². The Hall–Kier alpha value is -1.56. The lowest BCUT2D eigenvalue weighted by atomic mass is 10.0. The molecule has 0 unspecified atom stereocenters. The molecule has 0 bridgehead atoms. The highest BCUT2D eigenvalue weighted by Gasteiger charge is 1.95. The largest absolute Gasteiger partial charge is 0.0654 e. The maximum atomic E-state index is 2.25. The molecule has 0 radical (unpaired) electrons. The van der Waals surface area contributed by atoms with Crippen LogP contribution in [-0.2, 0) is 0 Å². The highest BCUT2D eigenvalue weighted by Crippen LogP contribution is 2.15. The first-order chi connectivity index (χ1) is 12.8. The summed E-state index contributed by atoms with van der Waals surface area (Å²) in [6.45, 7) is 6.57. The molecular formula is C26H42. The topological polar surface area (TPSA) is 0 Å². The standard InChI is InChI=1S/C7H8.C7H16.C6H12.C6H6/c1-7-5-3-2-4-6-7;1-3-5-7-6-4-2;2*1-2-4-6-5-3-1/h2-6H,1H3;3-7H2,1-2H3;1-6H2;1-6H. The zero-order valence-corrected chi connectivity index (χ0v) is 17.6. The minimum absolute atomic E-state index is 1.32. The van der Waals surface area contributed by atoms with Crippen molar-refractivity contribution >= 4 is 0 Å². The third-order valence-electron chi connectivity index (χ3n) is 4.31. The fourth-order valence-corrected chi connectivity index (χ4v) is 2.66. The Morgan fingerprint density at radius 1 is 0.500 bits per heavy atom. The van der Waals surface area contributed by atoms with Crippen molar-refractivity contribution in [3.05, 3.63) is 72.3 Å². The van der Waals surface area contributed by atoms with Gasteiger partial charge < -0.3 is 0 Å². The van der Waals surface area contributed by atoms with Crippen molar-refractivity contribution in [2.45, 2.75) is 91.4 Å². The first kappa shape index (κ1) is 24.4. The summed E-state index contributed by atoms with van der Waals surface area (Å²) in [5.41, 5.74) is 1.32. The van der Waals surface area contributed by atoms with Crippen molar-refractivity contribution in [3.63, 3.8) is 0 Å². The molecule has 1 fully saturated rings. The molecule has 0 aromatic heterocycles. The van der Waals surface area contributed by atoms with Crippen LogP contribution in [0, 0.1) is 6.92 Å². The summed E-state index contributed by atoms with van der Waals surface area (Å²) in [6, 6.07) is 22.3. The first-order valence-corrected chi connectivity index (χ1v) is 10.8. The predicted octanol–water partition coefficient (Wildman–Crippen LogP) is 9.00. The van der Waals surface area contributed by atoms with E-state index in [1.54, 1.807) is 0 Å². The quantitative estimate of drug-likeness (QED) is 0.480. The van der Waals surface area contributed by atoms with E-state index in [2.05, 4.69) is 32.9 Å². The molecule has 0 saturated heterocycles. The highest BCUT2D eigenvalue weighted by atomic mass is 14.0. The van der Waals surface area contributed by atoms with Crippen molar-refractivity contribution in [1.82, 2.24) is 0 Å². The second-order valence-corrected chi connectivity index (χ2v) is 6.99. The van der Waals surface area contributed by atoms with Crippen LogP contribution < -0.4 is 0 Å². The molecule has 0 nitrogen and oxygen atoms in total. The number of hydrogen-bond donors (Lipinski definition) is 0. The van der Waals surface area contributed by atoms with Crippen molar-refractivity contribution in [2.24, 2.45) is 0 Å². The van der Waals surface area contributed by atoms with Gasteiger partial charge in [-0.15, -0.1) is 0 Å². The number of unbranched alkanes of at least 4 members (excludes halogenated alkanes) is 4. The summed E-state index contributed by atoms with van der Waals surface area (Å²) in [7, 11) is 0. The van der Waals surface area contributed by atoms with Crippen LogP contribution in [0.2, 0.25) is 0 Å². The van der Waals surface area contributed by atoms with Crippen LogP contribution in [0.1, 0.15) is 90.0 Å². The van der Waals surface area contributed by atoms with E-state index in [1.807, 2.05) is 54.6 Å². The van der Waals surface area contributed by atoms with Gasteiger partial charge in [-0.1, -0.05) is 157 Å². The second kappa shape index (κ2) is 21.5. The van der Waals surface area contributed by atoms with Gasteiger partial charge in [-0.3, -0.25) is 0 Å². The molecule has 0 amide bonds. The summed E-state index contributed by atoms with van der Waals surface area (Å²) in [5, 5.41) is 0. The fraction of sp³-hybridized carbons (Fsp3) is 0.538. The molecule has 0 N–H and O–H groups in total. The summed E-state index contributed by atoms with van der Waals surface area (Å²) < 4.78 is 0. The minimum atomic E-state index is 1.32. The van der Waals surface area contributed by atoms with Gasteiger partial charge in [0, 0.05) is 0 Å². The second-order valence-electron chi connectivity index (χ2n) is 6.99. The lowest BCUT2D eigenvalue weighted by Gasteiger charge is -2.05. The monoisotopic (exact) mass is 354 g/mol. The Morgan fingerprint density at radius 2 is 0.808 bits per heavy atom. The van der Waals surface area contributed by atoms with Crippen molar-refractivity contribution < 1.29 is 0 Å². The summed E-state index contributed by atoms with van der Waals surface area (Å²) >= 11 is 0. The first-order valence-electron chi connectivity index (χ1n) is 10.8. The Kier molecular flexibility index (Phi) is 20.2. The van der Waals surface area contributed by atoms with Crippen LogP contribution in [0.4, 0.5) is 0 Å². The lowest BCUT2D eigenvalue weighted by molar-refractivity contribution is 0.504. The number of rotatable bonds is 4. The van der Waals surface area contributed by atoms with Gasteiger partial charge in [-0.25, -0.2) is 0 Å². The van der Waals surface area contributed by atoms with E-state index in [4.69, 9.17) is 0 Å². The van der Waals surface area contributed by atoms with Crippen LogP contribution in [0.5, 0.6) is 0 Å². The van der Waals surface area contributed by atoms with Gasteiger partial charge in [0.05, 0.1) is 0 Å². The van der Waals surface area contributed by atoms with E-state index < -0.39 is 0 Å². The molecule has 146 valence electrons. The lowest BCUT2D eigenvalue weighted by Crippen LogP contribution is -1.85.